The summed E-state index contributed by atoms with van der Waals surface area (Å²) in [5.41, 5.74) is 1.77. The fourth-order valence-corrected chi connectivity index (χ4v) is 3.72. The largest absolute Gasteiger partial charge is 0.356 e. The van der Waals surface area contributed by atoms with Gasteiger partial charge in [-0.2, -0.15) is 0 Å². The molecule has 1 saturated heterocycles. The highest BCUT2D eigenvalue weighted by molar-refractivity contribution is 6.30. The van der Waals surface area contributed by atoms with E-state index >= 15 is 0 Å². The second-order valence-electron chi connectivity index (χ2n) is 7.37. The molecule has 30 heavy (non-hydrogen) atoms. The molecule has 0 saturated carbocycles. The molecule has 154 valence electrons. The number of amides is 1. The van der Waals surface area contributed by atoms with Crippen LogP contribution in [0, 0.1) is 11.7 Å². The van der Waals surface area contributed by atoms with E-state index in [2.05, 4.69) is 20.2 Å². The number of benzene rings is 2. The summed E-state index contributed by atoms with van der Waals surface area (Å²) in [5, 5.41) is 3.70. The molecule has 0 spiro atoms. The predicted molar refractivity (Wildman–Crippen MR) is 116 cm³/mol. The number of anilines is 1. The van der Waals surface area contributed by atoms with Crippen LogP contribution < -0.4 is 10.2 Å². The molecule has 1 aliphatic heterocycles. The molecule has 2 heterocycles. The highest BCUT2D eigenvalue weighted by Crippen LogP contribution is 2.24. The third kappa shape index (κ3) is 4.94. The molecule has 0 bridgehead atoms. The zero-order valence-corrected chi connectivity index (χ0v) is 17.1. The van der Waals surface area contributed by atoms with Gasteiger partial charge in [-0.3, -0.25) is 4.79 Å². The van der Waals surface area contributed by atoms with Gasteiger partial charge in [0, 0.05) is 36.4 Å². The van der Waals surface area contributed by atoms with Crippen LogP contribution in [0.4, 0.5) is 10.2 Å². The van der Waals surface area contributed by atoms with E-state index in [1.54, 1.807) is 18.3 Å². The van der Waals surface area contributed by atoms with Gasteiger partial charge >= 0.3 is 0 Å². The maximum atomic E-state index is 13.2. The molecule has 1 atom stereocenters. The molecule has 1 aliphatic rings. The van der Waals surface area contributed by atoms with E-state index in [-0.39, 0.29) is 17.6 Å². The highest BCUT2D eigenvalue weighted by atomic mass is 35.5. The minimum atomic E-state index is -0.293. The number of aromatic nitrogens is 2. The lowest BCUT2D eigenvalue weighted by atomic mass is 9.97. The van der Waals surface area contributed by atoms with Gasteiger partial charge in [-0.1, -0.05) is 23.7 Å². The third-order valence-corrected chi connectivity index (χ3v) is 5.49. The molecule has 7 heteroatoms. The first kappa shape index (κ1) is 20.3. The molecular formula is C23H22ClFN4O. The van der Waals surface area contributed by atoms with Crippen LogP contribution in [-0.4, -0.2) is 29.0 Å². The number of rotatable bonds is 5. The van der Waals surface area contributed by atoms with Crippen molar-refractivity contribution in [3.63, 3.8) is 0 Å². The van der Waals surface area contributed by atoms with E-state index < -0.39 is 0 Å². The molecule has 0 aliphatic carbocycles. The van der Waals surface area contributed by atoms with Crippen molar-refractivity contribution in [2.45, 2.75) is 19.4 Å². The molecule has 1 aromatic heterocycles. The standard InChI is InChI=1S/C23H22ClFN4O/c24-19-7-3-16(4-8-19)14-27-23(30)18-2-1-13-29(15-18)21-11-12-26-22(28-21)17-5-9-20(25)10-6-17/h3-12,18H,1-2,13-15H2,(H,27,30). The maximum absolute atomic E-state index is 13.2. The quantitative estimate of drug-likeness (QED) is 0.656. The Balaban J connectivity index is 1.41. The van der Waals surface area contributed by atoms with Gasteiger partial charge in [0.1, 0.15) is 11.6 Å². The Morgan fingerprint density at radius 2 is 1.90 bits per heavy atom. The number of hydrogen-bond donors (Lipinski definition) is 1. The molecule has 1 fully saturated rings. The molecule has 0 radical (unpaired) electrons. The number of carbonyl (C=O) groups is 1. The van der Waals surface area contributed by atoms with Gasteiger partial charge < -0.3 is 10.2 Å². The van der Waals surface area contributed by atoms with Crippen LogP contribution in [0.1, 0.15) is 18.4 Å². The zero-order valence-electron chi connectivity index (χ0n) is 16.4. The summed E-state index contributed by atoms with van der Waals surface area (Å²) in [7, 11) is 0. The fourth-order valence-electron chi connectivity index (χ4n) is 3.60. The fraction of sp³-hybridized carbons (Fsp3) is 0.261. The van der Waals surface area contributed by atoms with Crippen molar-refractivity contribution in [3.8, 4) is 11.4 Å². The van der Waals surface area contributed by atoms with Crippen molar-refractivity contribution in [2.75, 3.05) is 18.0 Å². The lowest BCUT2D eigenvalue weighted by molar-refractivity contribution is -0.125. The van der Waals surface area contributed by atoms with Crippen LogP contribution >= 0.6 is 11.6 Å². The second kappa shape index (κ2) is 9.22. The number of nitrogens with zero attached hydrogens (tertiary/aromatic N) is 3. The number of carbonyl (C=O) groups excluding carboxylic acids is 1. The average molecular weight is 425 g/mol. The first-order valence-electron chi connectivity index (χ1n) is 9.94. The van der Waals surface area contributed by atoms with Crippen molar-refractivity contribution in [2.24, 2.45) is 5.92 Å². The van der Waals surface area contributed by atoms with Crippen LogP contribution in [0.2, 0.25) is 5.02 Å². The van der Waals surface area contributed by atoms with Crippen molar-refractivity contribution in [1.82, 2.24) is 15.3 Å². The van der Waals surface area contributed by atoms with Gasteiger partial charge in [-0.05, 0) is 60.9 Å². The lowest BCUT2D eigenvalue weighted by Crippen LogP contribution is -2.43. The molecule has 1 N–H and O–H groups in total. The van der Waals surface area contributed by atoms with E-state index in [0.717, 1.165) is 36.3 Å². The van der Waals surface area contributed by atoms with Crippen LogP contribution in [0.25, 0.3) is 11.4 Å². The molecular weight excluding hydrogens is 403 g/mol. The van der Waals surface area contributed by atoms with Crippen molar-refractivity contribution in [1.29, 1.82) is 0 Å². The lowest BCUT2D eigenvalue weighted by Gasteiger charge is -2.33. The van der Waals surface area contributed by atoms with Gasteiger partial charge in [0.2, 0.25) is 5.91 Å². The summed E-state index contributed by atoms with van der Waals surface area (Å²) < 4.78 is 13.2. The summed E-state index contributed by atoms with van der Waals surface area (Å²) in [6.45, 7) is 1.92. The Morgan fingerprint density at radius 1 is 1.13 bits per heavy atom. The second-order valence-corrected chi connectivity index (χ2v) is 7.81. The van der Waals surface area contributed by atoms with Gasteiger partial charge in [-0.25, -0.2) is 14.4 Å². The molecule has 4 rings (SSSR count). The van der Waals surface area contributed by atoms with Crippen LogP contribution in [0.5, 0.6) is 0 Å². The molecule has 5 nitrogen and oxygen atoms in total. The highest BCUT2D eigenvalue weighted by Gasteiger charge is 2.26. The average Bonchev–Trinajstić information content (AvgIpc) is 2.79. The Kier molecular flexibility index (Phi) is 6.23. The Morgan fingerprint density at radius 3 is 2.67 bits per heavy atom. The number of halogens is 2. The van der Waals surface area contributed by atoms with E-state index in [0.29, 0.717) is 23.9 Å². The summed E-state index contributed by atoms with van der Waals surface area (Å²) in [6, 6.07) is 15.4. The summed E-state index contributed by atoms with van der Waals surface area (Å²) >= 11 is 5.91. The van der Waals surface area contributed by atoms with E-state index in [9.17, 15) is 9.18 Å². The minimum Gasteiger partial charge on any atom is -0.356 e. The summed E-state index contributed by atoms with van der Waals surface area (Å²) in [6.07, 6.45) is 3.46. The maximum Gasteiger partial charge on any atom is 0.225 e. The number of hydrogen-bond acceptors (Lipinski definition) is 4. The van der Waals surface area contributed by atoms with E-state index in [4.69, 9.17) is 11.6 Å². The minimum absolute atomic E-state index is 0.0439. The van der Waals surface area contributed by atoms with Gasteiger partial charge in [0.05, 0.1) is 5.92 Å². The van der Waals surface area contributed by atoms with E-state index in [1.807, 2.05) is 30.3 Å². The summed E-state index contributed by atoms with van der Waals surface area (Å²) in [4.78, 5) is 23.8. The number of piperidine rings is 1. The summed E-state index contributed by atoms with van der Waals surface area (Å²) in [5.74, 6) is 0.970. The smallest absolute Gasteiger partial charge is 0.225 e. The van der Waals surface area contributed by atoms with Gasteiger partial charge in [-0.15, -0.1) is 0 Å². The first-order valence-corrected chi connectivity index (χ1v) is 10.3. The molecule has 1 unspecified atom stereocenters. The van der Waals surface area contributed by atoms with E-state index in [1.165, 1.54) is 12.1 Å². The molecule has 1 amide bonds. The number of nitrogens with one attached hydrogen (secondary N) is 1. The molecule has 3 aromatic rings. The van der Waals surface area contributed by atoms with Crippen LogP contribution in [0.15, 0.2) is 60.8 Å². The van der Waals surface area contributed by atoms with Crippen molar-refractivity contribution < 1.29 is 9.18 Å². The van der Waals surface area contributed by atoms with Crippen LogP contribution in [0.3, 0.4) is 0 Å². The van der Waals surface area contributed by atoms with Gasteiger partial charge in [0.25, 0.3) is 0 Å². The van der Waals surface area contributed by atoms with Crippen LogP contribution in [-0.2, 0) is 11.3 Å². The normalized spacial score (nSPS) is 16.3. The predicted octanol–water partition coefficient (Wildman–Crippen LogP) is 4.47. The molecule has 2 aromatic carbocycles. The third-order valence-electron chi connectivity index (χ3n) is 5.24. The Bertz CT molecular complexity index is 1010. The van der Waals surface area contributed by atoms with Crippen molar-refractivity contribution >= 4 is 23.3 Å². The monoisotopic (exact) mass is 424 g/mol. The SMILES string of the molecule is O=C(NCc1ccc(Cl)cc1)C1CCCN(c2ccnc(-c3ccc(F)cc3)n2)C1. The van der Waals surface area contributed by atoms with Gasteiger partial charge in [0.15, 0.2) is 5.82 Å². The topological polar surface area (TPSA) is 58.1 Å². The zero-order chi connectivity index (χ0) is 20.9. The Labute approximate surface area is 179 Å². The van der Waals surface area contributed by atoms with Crippen molar-refractivity contribution in [3.05, 3.63) is 77.2 Å². The first-order chi connectivity index (χ1) is 14.6. The Hall–Kier alpha value is -2.99.